The fourth-order valence-corrected chi connectivity index (χ4v) is 6.09. The molecule has 2 atom stereocenters. The Labute approximate surface area is 205 Å². The van der Waals surface area contributed by atoms with Crippen LogP contribution in [-0.2, 0) is 29.5 Å². The van der Waals surface area contributed by atoms with E-state index >= 15 is 0 Å². The number of hydrogen-bond acceptors (Lipinski definition) is 6. The number of allylic oxidation sites excluding steroid dienone is 1. The Morgan fingerprint density at radius 1 is 1.29 bits per heavy atom. The van der Waals surface area contributed by atoms with E-state index in [-0.39, 0.29) is 23.8 Å². The molecule has 182 valence electrons. The molecule has 5 rings (SSSR count). The number of rotatable bonds is 5. The molecule has 2 aromatic rings. The van der Waals surface area contributed by atoms with Crippen LogP contribution in [-0.4, -0.2) is 60.2 Å². The van der Waals surface area contributed by atoms with Gasteiger partial charge in [0, 0.05) is 36.7 Å². The first kappa shape index (κ1) is 23.3. The van der Waals surface area contributed by atoms with Crippen molar-refractivity contribution in [2.45, 2.75) is 50.0 Å². The largest absolute Gasteiger partial charge is 0.467 e. The maximum absolute atomic E-state index is 12.6. The van der Waals surface area contributed by atoms with Gasteiger partial charge in [-0.15, -0.1) is 0 Å². The van der Waals surface area contributed by atoms with Gasteiger partial charge in [0.15, 0.2) is 0 Å². The molecule has 1 aliphatic heterocycles. The minimum Gasteiger partial charge on any atom is -0.467 e. The number of methoxy groups -OCH3 is 1. The van der Waals surface area contributed by atoms with Crippen molar-refractivity contribution in [1.82, 2.24) is 14.9 Å². The molecule has 0 N–H and O–H groups in total. The third-order valence-corrected chi connectivity index (χ3v) is 7.80. The second-order valence-electron chi connectivity index (χ2n) is 9.62. The van der Waals surface area contributed by atoms with Gasteiger partial charge in [-0.3, -0.25) is 4.79 Å². The number of fused-ring (bicyclic) bond motifs is 3. The first-order chi connectivity index (χ1) is 17.1. The van der Waals surface area contributed by atoms with E-state index in [1.807, 2.05) is 0 Å². The first-order valence-corrected chi connectivity index (χ1v) is 12.3. The summed E-state index contributed by atoms with van der Waals surface area (Å²) < 4.78 is 18.0. The Bertz CT molecular complexity index is 1190. The molecule has 2 unspecified atom stereocenters. The normalized spacial score (nSPS) is 23.3. The van der Waals surface area contributed by atoms with Gasteiger partial charge in [0.1, 0.15) is 12.5 Å². The van der Waals surface area contributed by atoms with Gasteiger partial charge in [0.25, 0.3) is 0 Å². The van der Waals surface area contributed by atoms with Crippen LogP contribution in [0.3, 0.4) is 0 Å². The zero-order chi connectivity index (χ0) is 24.4. The van der Waals surface area contributed by atoms with Crippen molar-refractivity contribution >= 4 is 11.7 Å². The number of ether oxygens (including phenoxy) is 1. The van der Waals surface area contributed by atoms with Crippen LogP contribution in [0.1, 0.15) is 41.6 Å². The van der Waals surface area contributed by atoms with Gasteiger partial charge in [0.05, 0.1) is 31.3 Å². The lowest BCUT2D eigenvalue weighted by Gasteiger charge is -2.42. The van der Waals surface area contributed by atoms with E-state index in [1.165, 1.54) is 23.3 Å². The summed E-state index contributed by atoms with van der Waals surface area (Å²) in [6.07, 6.45) is 7.69. The summed E-state index contributed by atoms with van der Waals surface area (Å²) in [6.45, 7) is 0.828. The van der Waals surface area contributed by atoms with Gasteiger partial charge >= 0.3 is 6.01 Å². The average molecular weight is 476 g/mol. The zero-order valence-corrected chi connectivity index (χ0v) is 20.0. The van der Waals surface area contributed by atoms with Crippen LogP contribution in [0.15, 0.2) is 36.4 Å². The topological polar surface area (TPSA) is 82.4 Å². The molecule has 2 heterocycles. The maximum atomic E-state index is 12.6. The summed E-state index contributed by atoms with van der Waals surface area (Å²) in [5.41, 5.74) is 5.19. The number of aromatic nitrogens is 2. The monoisotopic (exact) mass is 475 g/mol. The standard InChI is InChI=1S/C27H30FN5O2/c1-35-26-30-23-17-27(11-8-19-5-2-3-6-22(19)27)12-9-21(23)25(31-26)32-15-16-33(20(18-32)10-14-29)24(34)7-4-13-28/h2-7,20H,8-13,15-18H2,1H3/b7-4+. The van der Waals surface area contributed by atoms with Crippen LogP contribution < -0.4 is 9.64 Å². The minimum absolute atomic E-state index is 0.109. The number of carbonyl (C=O) groups is 1. The lowest BCUT2D eigenvalue weighted by Crippen LogP contribution is -2.55. The molecule has 1 saturated heterocycles. The van der Waals surface area contributed by atoms with Crippen LogP contribution in [0.4, 0.5) is 10.2 Å². The predicted molar refractivity (Wildman–Crippen MR) is 130 cm³/mol. The Balaban J connectivity index is 1.45. The molecule has 1 spiro atoms. The highest BCUT2D eigenvalue weighted by Gasteiger charge is 2.43. The van der Waals surface area contributed by atoms with E-state index in [4.69, 9.17) is 14.7 Å². The van der Waals surface area contributed by atoms with Crippen molar-refractivity contribution in [2.24, 2.45) is 0 Å². The predicted octanol–water partition coefficient (Wildman–Crippen LogP) is 3.31. The summed E-state index contributed by atoms with van der Waals surface area (Å²) in [6, 6.07) is 11.0. The highest BCUT2D eigenvalue weighted by Crippen LogP contribution is 2.48. The second kappa shape index (κ2) is 9.65. The number of anilines is 1. The fraction of sp³-hybridized carbons (Fsp3) is 0.481. The van der Waals surface area contributed by atoms with E-state index in [2.05, 4.69) is 35.2 Å². The highest BCUT2D eigenvalue weighted by molar-refractivity contribution is 5.88. The SMILES string of the molecule is COc1nc2c(c(N3CCN(C(=O)/C=C/CF)C(CC#N)C3)n1)CCC1(CCc3ccccc31)C2. The molecule has 1 amide bonds. The van der Waals surface area contributed by atoms with Gasteiger partial charge in [0.2, 0.25) is 5.91 Å². The number of halogens is 1. The van der Waals surface area contributed by atoms with Crippen LogP contribution in [0.2, 0.25) is 0 Å². The quantitative estimate of drug-likeness (QED) is 0.617. The molecule has 0 radical (unpaired) electrons. The molecule has 0 saturated carbocycles. The number of carbonyl (C=O) groups excluding carboxylic acids is 1. The van der Waals surface area contributed by atoms with E-state index in [1.54, 1.807) is 12.0 Å². The first-order valence-electron chi connectivity index (χ1n) is 12.3. The van der Waals surface area contributed by atoms with Crippen molar-refractivity contribution in [2.75, 3.05) is 38.3 Å². The Hall–Kier alpha value is -3.47. The van der Waals surface area contributed by atoms with Crippen molar-refractivity contribution in [3.05, 3.63) is 58.8 Å². The van der Waals surface area contributed by atoms with Crippen molar-refractivity contribution in [3.8, 4) is 12.1 Å². The highest BCUT2D eigenvalue weighted by atomic mass is 19.1. The fourth-order valence-electron chi connectivity index (χ4n) is 6.09. The van der Waals surface area contributed by atoms with Crippen molar-refractivity contribution in [3.63, 3.8) is 0 Å². The third kappa shape index (κ3) is 4.24. The number of nitrogens with zero attached hydrogens (tertiary/aromatic N) is 5. The minimum atomic E-state index is -0.687. The van der Waals surface area contributed by atoms with Crippen LogP contribution in [0.25, 0.3) is 0 Å². The molecule has 1 aromatic heterocycles. The lowest BCUT2D eigenvalue weighted by atomic mass is 9.69. The Morgan fingerprint density at radius 3 is 2.91 bits per heavy atom. The molecule has 35 heavy (non-hydrogen) atoms. The summed E-state index contributed by atoms with van der Waals surface area (Å²) in [7, 11) is 1.58. The maximum Gasteiger partial charge on any atom is 0.318 e. The summed E-state index contributed by atoms with van der Waals surface area (Å²) in [4.78, 5) is 25.9. The summed E-state index contributed by atoms with van der Waals surface area (Å²) in [5, 5.41) is 9.39. The summed E-state index contributed by atoms with van der Waals surface area (Å²) in [5.74, 6) is 0.592. The molecule has 8 heteroatoms. The van der Waals surface area contributed by atoms with Gasteiger partial charge in [-0.25, -0.2) is 4.39 Å². The third-order valence-electron chi connectivity index (χ3n) is 7.80. The molecule has 0 bridgehead atoms. The van der Waals surface area contributed by atoms with Gasteiger partial charge < -0.3 is 14.5 Å². The van der Waals surface area contributed by atoms with Crippen molar-refractivity contribution < 1.29 is 13.9 Å². The number of nitriles is 1. The van der Waals surface area contributed by atoms with Gasteiger partial charge in [-0.1, -0.05) is 24.3 Å². The van der Waals surface area contributed by atoms with Crippen LogP contribution in [0.5, 0.6) is 6.01 Å². The molecular weight excluding hydrogens is 445 g/mol. The van der Waals surface area contributed by atoms with Crippen LogP contribution >= 0.6 is 0 Å². The molecule has 1 aromatic carbocycles. The summed E-state index contributed by atoms with van der Waals surface area (Å²) >= 11 is 0. The Morgan fingerprint density at radius 2 is 2.11 bits per heavy atom. The van der Waals surface area contributed by atoms with E-state index < -0.39 is 6.67 Å². The number of amides is 1. The number of aryl methyl sites for hydroxylation is 1. The number of benzene rings is 1. The van der Waals surface area contributed by atoms with Gasteiger partial charge in [-0.2, -0.15) is 15.2 Å². The lowest BCUT2D eigenvalue weighted by molar-refractivity contribution is -0.128. The number of hydrogen-bond donors (Lipinski definition) is 0. The Kier molecular flexibility index (Phi) is 6.42. The van der Waals surface area contributed by atoms with E-state index in [0.717, 1.165) is 49.2 Å². The smallest absolute Gasteiger partial charge is 0.318 e. The molecule has 1 fully saturated rings. The molecule has 3 aliphatic rings. The zero-order valence-electron chi connectivity index (χ0n) is 20.0. The molecule has 2 aliphatic carbocycles. The second-order valence-corrected chi connectivity index (χ2v) is 9.62. The number of alkyl halides is 1. The van der Waals surface area contributed by atoms with Crippen LogP contribution in [0, 0.1) is 11.3 Å². The number of piperazine rings is 1. The van der Waals surface area contributed by atoms with E-state index in [9.17, 15) is 14.4 Å². The molecular formula is C27H30FN5O2. The van der Waals surface area contributed by atoms with E-state index in [0.29, 0.717) is 25.6 Å². The molecule has 7 nitrogen and oxygen atoms in total. The van der Waals surface area contributed by atoms with Crippen molar-refractivity contribution in [1.29, 1.82) is 5.26 Å². The average Bonchev–Trinajstić information content (AvgIpc) is 3.24. The van der Waals surface area contributed by atoms with Gasteiger partial charge in [-0.05, 0) is 49.3 Å².